The predicted molar refractivity (Wildman–Crippen MR) is 168 cm³/mol. The summed E-state index contributed by atoms with van der Waals surface area (Å²) in [5, 5.41) is 13.3. The molecular weight excluding hydrogens is 610 g/mol. The lowest BCUT2D eigenvalue weighted by molar-refractivity contribution is -0.257. The fourth-order valence-electron chi connectivity index (χ4n) is 4.98. The monoisotopic (exact) mass is 647 g/mol. The third kappa shape index (κ3) is 9.78. The average Bonchev–Trinajstić information content (AvgIpc) is 3.03. The maximum Gasteiger partial charge on any atom is 0.303 e. The minimum atomic E-state index is -1.24. The van der Waals surface area contributed by atoms with Crippen molar-refractivity contribution >= 4 is 35.5 Å². The molecule has 2 aliphatic heterocycles. The smallest absolute Gasteiger partial charge is 0.303 e. The van der Waals surface area contributed by atoms with Crippen molar-refractivity contribution in [1.29, 1.82) is 0 Å². The van der Waals surface area contributed by atoms with E-state index < -0.39 is 54.5 Å². The Morgan fingerprint density at radius 3 is 2.23 bits per heavy atom. The number of hydrogen-bond acceptors (Lipinski definition) is 13. The van der Waals surface area contributed by atoms with Crippen molar-refractivity contribution in [3.63, 3.8) is 0 Å². The van der Waals surface area contributed by atoms with Crippen LogP contribution in [0, 0.1) is 12.3 Å². The number of esters is 3. The van der Waals surface area contributed by atoms with Gasteiger partial charge in [0.15, 0.2) is 18.0 Å². The van der Waals surface area contributed by atoms with Crippen LogP contribution in [-0.2, 0) is 44.7 Å². The molecule has 0 aromatic heterocycles. The Hall–Kier alpha value is -5.42. The number of amidine groups is 2. The number of ether oxygens (including phenoxy) is 5. The summed E-state index contributed by atoms with van der Waals surface area (Å²) in [7, 11) is 0. The van der Waals surface area contributed by atoms with E-state index in [-0.39, 0.29) is 6.61 Å². The Labute approximate surface area is 272 Å². The van der Waals surface area contributed by atoms with Gasteiger partial charge in [0.1, 0.15) is 30.3 Å². The average molecular weight is 648 g/mol. The van der Waals surface area contributed by atoms with E-state index >= 15 is 0 Å². The van der Waals surface area contributed by atoms with Gasteiger partial charge in [-0.25, -0.2) is 0 Å². The second kappa shape index (κ2) is 16.2. The number of amides is 1. The summed E-state index contributed by atoms with van der Waals surface area (Å²) in [6.07, 6.45) is 1.72. The van der Waals surface area contributed by atoms with Gasteiger partial charge in [-0.2, -0.15) is 0 Å². The molecule has 47 heavy (non-hydrogen) atoms. The number of rotatable bonds is 12. The van der Waals surface area contributed by atoms with Crippen molar-refractivity contribution in [2.45, 2.75) is 77.7 Å². The first-order valence-corrected chi connectivity index (χ1v) is 14.9. The first kappa shape index (κ1) is 34.5. The number of carbonyl (C=O) groups is 4. The molecule has 0 radical (unpaired) electrons. The van der Waals surface area contributed by atoms with Gasteiger partial charge in [-0.1, -0.05) is 42.5 Å². The lowest BCUT2D eigenvalue weighted by atomic mass is 9.96. The van der Waals surface area contributed by atoms with Gasteiger partial charge >= 0.3 is 17.9 Å². The Morgan fingerprint density at radius 1 is 0.936 bits per heavy atom. The normalized spacial score (nSPS) is 21.9. The molecule has 14 nitrogen and oxygen atoms in total. The molecule has 0 saturated carbocycles. The topological polar surface area (TPSA) is 166 Å². The largest absolute Gasteiger partial charge is 0.463 e. The van der Waals surface area contributed by atoms with Crippen LogP contribution in [-0.4, -0.2) is 77.7 Å². The third-order valence-electron chi connectivity index (χ3n) is 6.95. The second-order valence-corrected chi connectivity index (χ2v) is 10.7. The Kier molecular flexibility index (Phi) is 11.9. The minimum absolute atomic E-state index is 0.336. The zero-order valence-electron chi connectivity index (χ0n) is 26.5. The summed E-state index contributed by atoms with van der Waals surface area (Å²) in [6, 6.07) is 15.6. The van der Waals surface area contributed by atoms with Crippen molar-refractivity contribution in [2.24, 2.45) is 10.2 Å². The molecule has 14 heteroatoms. The van der Waals surface area contributed by atoms with Gasteiger partial charge in [-0.05, 0) is 17.7 Å². The van der Waals surface area contributed by atoms with Gasteiger partial charge in [-0.3, -0.25) is 29.6 Å². The van der Waals surface area contributed by atoms with E-state index in [1.165, 1.54) is 27.7 Å². The van der Waals surface area contributed by atoms with Crippen LogP contribution in [0.15, 0.2) is 64.8 Å². The summed E-state index contributed by atoms with van der Waals surface area (Å²) in [6.45, 7) is 4.90. The number of hydrogen-bond donors (Lipinski definition) is 2. The quantitative estimate of drug-likeness (QED) is 0.197. The van der Waals surface area contributed by atoms with E-state index in [2.05, 4.69) is 26.9 Å². The van der Waals surface area contributed by atoms with E-state index in [0.717, 1.165) is 11.1 Å². The van der Waals surface area contributed by atoms with Crippen molar-refractivity contribution in [3.8, 4) is 18.1 Å². The lowest BCUT2D eigenvalue weighted by Gasteiger charge is -2.44. The molecule has 5 atom stereocenters. The molecule has 2 aromatic carbocycles. The van der Waals surface area contributed by atoms with Gasteiger partial charge in [0.25, 0.3) is 0 Å². The molecule has 1 fully saturated rings. The SMILES string of the molecule is C#CCCC1=NN=C(c2ccccc2)NN1Cc1ccc(OC2OC(COC(C)=O)[C@@H](OC(C)=O)C(OC(C)=O)C2NC(C)=O)cc1. The number of benzene rings is 2. The van der Waals surface area contributed by atoms with E-state index in [0.29, 0.717) is 36.8 Å². The van der Waals surface area contributed by atoms with Crippen molar-refractivity contribution < 1.29 is 42.9 Å². The van der Waals surface area contributed by atoms with Crippen molar-refractivity contribution in [3.05, 3.63) is 65.7 Å². The van der Waals surface area contributed by atoms with Crippen LogP contribution < -0.4 is 15.5 Å². The van der Waals surface area contributed by atoms with Crippen LogP contribution in [0.5, 0.6) is 5.75 Å². The second-order valence-electron chi connectivity index (χ2n) is 10.7. The highest BCUT2D eigenvalue weighted by Crippen LogP contribution is 2.29. The molecule has 0 bridgehead atoms. The Morgan fingerprint density at radius 2 is 1.62 bits per heavy atom. The number of nitrogens with one attached hydrogen (secondary N) is 2. The van der Waals surface area contributed by atoms with Crippen LogP contribution in [0.2, 0.25) is 0 Å². The summed E-state index contributed by atoms with van der Waals surface area (Å²) in [4.78, 5) is 47.9. The number of hydrazine groups is 1. The van der Waals surface area contributed by atoms with Gasteiger partial charge in [-0.15, -0.1) is 22.5 Å². The molecule has 2 aliphatic rings. The van der Waals surface area contributed by atoms with E-state index in [9.17, 15) is 19.2 Å². The highest BCUT2D eigenvalue weighted by Gasteiger charge is 2.52. The molecule has 2 N–H and O–H groups in total. The molecule has 1 saturated heterocycles. The molecule has 4 rings (SSSR count). The molecule has 0 spiro atoms. The maximum absolute atomic E-state index is 12.2. The summed E-state index contributed by atoms with van der Waals surface area (Å²) in [5.41, 5.74) is 5.08. The molecule has 0 aliphatic carbocycles. The minimum Gasteiger partial charge on any atom is -0.463 e. The zero-order valence-corrected chi connectivity index (χ0v) is 26.5. The van der Waals surface area contributed by atoms with Gasteiger partial charge < -0.3 is 29.0 Å². The predicted octanol–water partition coefficient (Wildman–Crippen LogP) is 2.22. The van der Waals surface area contributed by atoms with E-state index in [1.54, 1.807) is 12.1 Å². The van der Waals surface area contributed by atoms with Crippen LogP contribution in [0.3, 0.4) is 0 Å². The number of carbonyl (C=O) groups excluding carboxylic acids is 4. The highest BCUT2D eigenvalue weighted by molar-refractivity contribution is 6.01. The third-order valence-corrected chi connectivity index (χ3v) is 6.95. The highest BCUT2D eigenvalue weighted by atomic mass is 16.7. The summed E-state index contributed by atoms with van der Waals surface area (Å²) in [5.74, 6) is 1.77. The standard InChI is InChI=1S/C33H37N5O9/c1-6-7-13-28-35-36-32(25-11-9-8-10-12-25)37-38(28)18-24-14-16-26(17-15-24)46-33-29(34-20(2)39)31(45-23(5)42)30(44-22(4)41)27(47-33)19-43-21(3)40/h1,8-12,14-17,27,29-31,33H,7,13,18-19H2,2-5H3,(H,34,39)(H,36,37)/t27?,29?,30-,31?,33?/m1/s1. The molecule has 2 aromatic rings. The number of nitrogens with zero attached hydrogens (tertiary/aromatic N) is 3. The van der Waals surface area contributed by atoms with E-state index in [4.69, 9.17) is 30.1 Å². The first-order chi connectivity index (χ1) is 22.5. The van der Waals surface area contributed by atoms with Crippen molar-refractivity contribution in [2.75, 3.05) is 6.61 Å². The van der Waals surface area contributed by atoms with Crippen molar-refractivity contribution in [1.82, 2.24) is 15.8 Å². The Bertz CT molecular complexity index is 1540. The van der Waals surface area contributed by atoms with Gasteiger partial charge in [0.05, 0.1) is 6.54 Å². The fourth-order valence-corrected chi connectivity index (χ4v) is 4.98. The fraction of sp³-hybridized carbons (Fsp3) is 0.394. The van der Waals surface area contributed by atoms with E-state index in [1.807, 2.05) is 47.5 Å². The van der Waals surface area contributed by atoms with Gasteiger partial charge in [0.2, 0.25) is 12.2 Å². The molecule has 4 unspecified atom stereocenters. The van der Waals surface area contributed by atoms with Crippen LogP contribution in [0.25, 0.3) is 0 Å². The molecular formula is C33H37N5O9. The molecule has 1 amide bonds. The van der Waals surface area contributed by atoms with Crippen LogP contribution in [0.1, 0.15) is 51.7 Å². The zero-order chi connectivity index (χ0) is 33.9. The maximum atomic E-state index is 12.2. The first-order valence-electron chi connectivity index (χ1n) is 14.9. The molecule has 2 heterocycles. The number of terminal acetylenes is 1. The van der Waals surface area contributed by atoms with Crippen LogP contribution >= 0.6 is 0 Å². The van der Waals surface area contributed by atoms with Gasteiger partial charge in [0, 0.05) is 46.1 Å². The lowest BCUT2D eigenvalue weighted by Crippen LogP contribution is -2.67. The summed E-state index contributed by atoms with van der Waals surface area (Å²) >= 11 is 0. The Balaban J connectivity index is 1.55. The molecule has 248 valence electrons. The van der Waals surface area contributed by atoms with Crippen LogP contribution in [0.4, 0.5) is 0 Å². The summed E-state index contributed by atoms with van der Waals surface area (Å²) < 4.78 is 28.4.